The van der Waals surface area contributed by atoms with Crippen molar-refractivity contribution in [3.05, 3.63) is 40.8 Å². The second-order valence-corrected chi connectivity index (χ2v) is 7.74. The largest absolute Gasteiger partial charge is 0.497 e. The molecule has 0 spiro atoms. The third kappa shape index (κ3) is 4.05. The SMILES string of the molecule is COc1ccc(CN(C)C(=O)c2csc(S(N)(=O)=O)c2)c(OC)c1. The first-order chi connectivity index (χ1) is 11.3. The maximum absolute atomic E-state index is 12.4. The fourth-order valence-electron chi connectivity index (χ4n) is 2.11. The van der Waals surface area contributed by atoms with Gasteiger partial charge < -0.3 is 14.4 Å². The zero-order chi connectivity index (χ0) is 17.9. The van der Waals surface area contributed by atoms with E-state index < -0.39 is 10.0 Å². The van der Waals surface area contributed by atoms with Gasteiger partial charge in [-0.1, -0.05) is 0 Å². The number of hydrogen-bond acceptors (Lipinski definition) is 6. The van der Waals surface area contributed by atoms with Crippen molar-refractivity contribution < 1.29 is 22.7 Å². The van der Waals surface area contributed by atoms with Crippen molar-refractivity contribution in [2.75, 3.05) is 21.3 Å². The van der Waals surface area contributed by atoms with E-state index in [0.717, 1.165) is 16.9 Å². The number of ether oxygens (including phenoxy) is 2. The molecule has 0 saturated carbocycles. The van der Waals surface area contributed by atoms with E-state index in [1.165, 1.54) is 23.5 Å². The molecule has 2 N–H and O–H groups in total. The van der Waals surface area contributed by atoms with Gasteiger partial charge in [-0.25, -0.2) is 13.6 Å². The number of hydrogen-bond donors (Lipinski definition) is 1. The minimum atomic E-state index is -3.80. The quantitative estimate of drug-likeness (QED) is 0.834. The van der Waals surface area contributed by atoms with E-state index in [4.69, 9.17) is 14.6 Å². The topological polar surface area (TPSA) is 98.9 Å². The molecular formula is C15H18N2O5S2. The van der Waals surface area contributed by atoms with Crippen LogP contribution in [0.4, 0.5) is 0 Å². The number of sulfonamides is 1. The molecule has 24 heavy (non-hydrogen) atoms. The molecule has 7 nitrogen and oxygen atoms in total. The normalized spacial score (nSPS) is 11.2. The van der Waals surface area contributed by atoms with Crippen LogP contribution in [0.2, 0.25) is 0 Å². The van der Waals surface area contributed by atoms with Gasteiger partial charge in [0.15, 0.2) is 0 Å². The fourth-order valence-corrected chi connectivity index (χ4v) is 3.69. The van der Waals surface area contributed by atoms with Crippen LogP contribution in [0.5, 0.6) is 11.5 Å². The summed E-state index contributed by atoms with van der Waals surface area (Å²) in [4.78, 5) is 13.9. The van der Waals surface area contributed by atoms with Crippen molar-refractivity contribution in [1.29, 1.82) is 0 Å². The van der Waals surface area contributed by atoms with Crippen LogP contribution in [0.3, 0.4) is 0 Å². The molecule has 2 rings (SSSR count). The summed E-state index contributed by atoms with van der Waals surface area (Å²) in [6.07, 6.45) is 0. The van der Waals surface area contributed by atoms with Gasteiger partial charge in [-0.3, -0.25) is 4.79 Å². The fraction of sp³-hybridized carbons (Fsp3) is 0.267. The molecule has 0 aliphatic heterocycles. The molecular weight excluding hydrogens is 352 g/mol. The Balaban J connectivity index is 2.19. The zero-order valence-corrected chi connectivity index (χ0v) is 15.1. The summed E-state index contributed by atoms with van der Waals surface area (Å²) < 4.78 is 33.0. The lowest BCUT2D eigenvalue weighted by atomic mass is 10.1. The summed E-state index contributed by atoms with van der Waals surface area (Å²) in [6.45, 7) is 0.298. The van der Waals surface area contributed by atoms with Crippen LogP contribution in [0.25, 0.3) is 0 Å². The van der Waals surface area contributed by atoms with E-state index >= 15 is 0 Å². The molecule has 0 radical (unpaired) electrons. The number of carbonyl (C=O) groups is 1. The van der Waals surface area contributed by atoms with E-state index in [1.54, 1.807) is 26.3 Å². The first-order valence-electron chi connectivity index (χ1n) is 6.84. The molecule has 1 heterocycles. The third-order valence-electron chi connectivity index (χ3n) is 3.35. The summed E-state index contributed by atoms with van der Waals surface area (Å²) in [5.41, 5.74) is 1.08. The Hall–Kier alpha value is -2.10. The summed E-state index contributed by atoms with van der Waals surface area (Å²) in [7, 11) is 0.919. The van der Waals surface area contributed by atoms with Gasteiger partial charge in [0.25, 0.3) is 5.91 Å². The highest BCUT2D eigenvalue weighted by molar-refractivity contribution is 7.91. The second kappa shape index (κ2) is 7.20. The molecule has 1 aromatic carbocycles. The van der Waals surface area contributed by atoms with Gasteiger partial charge in [-0.15, -0.1) is 11.3 Å². The van der Waals surface area contributed by atoms with Gasteiger partial charge in [0, 0.05) is 30.6 Å². The molecule has 9 heteroatoms. The second-order valence-electron chi connectivity index (χ2n) is 5.04. The highest BCUT2D eigenvalue weighted by Crippen LogP contribution is 2.26. The van der Waals surface area contributed by atoms with Crippen molar-refractivity contribution in [2.45, 2.75) is 10.8 Å². The van der Waals surface area contributed by atoms with E-state index in [1.807, 2.05) is 6.07 Å². The van der Waals surface area contributed by atoms with Crippen LogP contribution in [-0.2, 0) is 16.6 Å². The van der Waals surface area contributed by atoms with E-state index in [9.17, 15) is 13.2 Å². The average Bonchev–Trinajstić information content (AvgIpc) is 3.04. The van der Waals surface area contributed by atoms with Crippen molar-refractivity contribution in [3.8, 4) is 11.5 Å². The standard InChI is InChI=1S/C15H18N2O5S2/c1-17(8-10-4-5-12(21-2)7-13(10)22-3)15(18)11-6-14(23-9-11)24(16,19)20/h4-7,9H,8H2,1-3H3,(H2,16,19,20). The molecule has 0 aliphatic rings. The van der Waals surface area contributed by atoms with Crippen molar-refractivity contribution in [3.63, 3.8) is 0 Å². The van der Waals surface area contributed by atoms with Crippen molar-refractivity contribution in [1.82, 2.24) is 4.90 Å². The van der Waals surface area contributed by atoms with Crippen molar-refractivity contribution >= 4 is 27.3 Å². The lowest BCUT2D eigenvalue weighted by molar-refractivity contribution is 0.0784. The summed E-state index contributed by atoms with van der Waals surface area (Å²) >= 11 is 0.919. The molecule has 0 saturated heterocycles. The number of thiophene rings is 1. The van der Waals surface area contributed by atoms with Crippen LogP contribution in [0, 0.1) is 0 Å². The van der Waals surface area contributed by atoms with Gasteiger partial charge in [0.05, 0.1) is 19.8 Å². The van der Waals surface area contributed by atoms with Crippen LogP contribution < -0.4 is 14.6 Å². The van der Waals surface area contributed by atoms with Crippen LogP contribution in [0.15, 0.2) is 33.9 Å². The maximum Gasteiger partial charge on any atom is 0.254 e. The lowest BCUT2D eigenvalue weighted by Crippen LogP contribution is -2.26. The third-order valence-corrected chi connectivity index (χ3v) is 5.74. The number of nitrogens with two attached hydrogens (primary N) is 1. The Morgan fingerprint density at radius 3 is 2.50 bits per heavy atom. The Labute approximate surface area is 144 Å². The lowest BCUT2D eigenvalue weighted by Gasteiger charge is -2.18. The maximum atomic E-state index is 12.4. The smallest absolute Gasteiger partial charge is 0.254 e. The van der Waals surface area contributed by atoms with E-state index in [0.29, 0.717) is 18.0 Å². The number of methoxy groups -OCH3 is 2. The van der Waals surface area contributed by atoms with Crippen LogP contribution in [0.1, 0.15) is 15.9 Å². The summed E-state index contributed by atoms with van der Waals surface area (Å²) in [6, 6.07) is 6.60. The molecule has 0 bridgehead atoms. The Morgan fingerprint density at radius 1 is 1.25 bits per heavy atom. The molecule has 0 fully saturated rings. The molecule has 1 aromatic heterocycles. The predicted octanol–water partition coefficient (Wildman–Crippen LogP) is 1.68. The van der Waals surface area contributed by atoms with Gasteiger partial charge in [-0.2, -0.15) is 0 Å². The summed E-state index contributed by atoms with van der Waals surface area (Å²) in [5, 5.41) is 6.54. The first kappa shape index (κ1) is 18.2. The minimum Gasteiger partial charge on any atom is -0.497 e. The van der Waals surface area contributed by atoms with E-state index in [-0.39, 0.29) is 15.7 Å². The minimum absolute atomic E-state index is 0.0405. The van der Waals surface area contributed by atoms with Crippen LogP contribution >= 0.6 is 11.3 Å². The predicted molar refractivity (Wildman–Crippen MR) is 91.0 cm³/mol. The highest BCUT2D eigenvalue weighted by atomic mass is 32.2. The number of benzene rings is 1. The molecule has 0 aliphatic carbocycles. The molecule has 0 unspecified atom stereocenters. The Kier molecular flexibility index (Phi) is 5.47. The number of nitrogens with zero attached hydrogens (tertiary/aromatic N) is 1. The highest BCUT2D eigenvalue weighted by Gasteiger charge is 2.19. The monoisotopic (exact) mass is 370 g/mol. The van der Waals surface area contributed by atoms with Gasteiger partial charge >= 0.3 is 0 Å². The molecule has 130 valence electrons. The van der Waals surface area contributed by atoms with E-state index in [2.05, 4.69) is 0 Å². The number of rotatable bonds is 6. The molecule has 1 amide bonds. The number of primary sulfonamides is 1. The number of amides is 1. The summed E-state index contributed by atoms with van der Waals surface area (Å²) in [5.74, 6) is 0.948. The van der Waals surface area contributed by atoms with Crippen LogP contribution in [-0.4, -0.2) is 40.5 Å². The Bertz CT molecular complexity index is 845. The van der Waals surface area contributed by atoms with Gasteiger partial charge in [0.2, 0.25) is 10.0 Å². The zero-order valence-electron chi connectivity index (χ0n) is 13.5. The first-order valence-corrected chi connectivity index (χ1v) is 9.26. The molecule has 2 aromatic rings. The van der Waals surface area contributed by atoms with Crippen molar-refractivity contribution in [2.24, 2.45) is 5.14 Å². The number of carbonyl (C=O) groups excluding carboxylic acids is 1. The van der Waals surface area contributed by atoms with Gasteiger partial charge in [-0.05, 0) is 18.2 Å². The Morgan fingerprint density at radius 2 is 1.96 bits per heavy atom. The average molecular weight is 370 g/mol. The van der Waals surface area contributed by atoms with Gasteiger partial charge in [0.1, 0.15) is 15.7 Å². The molecule has 0 atom stereocenters.